The smallest absolute Gasteiger partial charge is 0.147 e. The summed E-state index contributed by atoms with van der Waals surface area (Å²) in [4.78, 5) is 8.15. The molecule has 1 heterocycles. The first kappa shape index (κ1) is 19.9. The molecule has 1 atom stereocenters. The van der Waals surface area contributed by atoms with Gasteiger partial charge in [0.15, 0.2) is 0 Å². The molecule has 3 aromatic rings. The molecule has 1 aromatic heterocycles. The van der Waals surface area contributed by atoms with Gasteiger partial charge in [-0.1, -0.05) is 55.7 Å². The molecule has 5 nitrogen and oxygen atoms in total. The molecule has 0 radical (unpaired) electrons. The summed E-state index contributed by atoms with van der Waals surface area (Å²) in [6.07, 6.45) is 7.34. The molecule has 0 saturated heterocycles. The molecular weight excluding hydrogens is 362 g/mol. The number of rotatable bonds is 9. The number of hydrogen-bond acceptors (Lipinski definition) is 4. The average molecular weight is 394 g/mol. The van der Waals surface area contributed by atoms with Crippen molar-refractivity contribution in [2.75, 3.05) is 13.2 Å². The molecule has 29 heavy (non-hydrogen) atoms. The minimum atomic E-state index is -0.00682. The molecule has 4 rings (SSSR count). The summed E-state index contributed by atoms with van der Waals surface area (Å²) in [7, 11) is 0. The Hall–Kier alpha value is -2.37. The number of ether oxygens (including phenoxy) is 1. The number of benzene rings is 2. The predicted molar refractivity (Wildman–Crippen MR) is 116 cm³/mol. The Morgan fingerprint density at radius 3 is 2.69 bits per heavy atom. The lowest BCUT2D eigenvalue weighted by Gasteiger charge is -2.21. The first-order valence-electron chi connectivity index (χ1n) is 10.8. The monoisotopic (exact) mass is 393 g/mol. The number of aliphatic hydroxyl groups excluding tert-OH is 1. The second kappa shape index (κ2) is 9.90. The van der Waals surface area contributed by atoms with Crippen molar-refractivity contribution in [2.24, 2.45) is 5.92 Å². The van der Waals surface area contributed by atoms with E-state index >= 15 is 0 Å². The van der Waals surface area contributed by atoms with Crippen molar-refractivity contribution in [1.82, 2.24) is 15.3 Å². The molecule has 154 valence electrons. The summed E-state index contributed by atoms with van der Waals surface area (Å²) in [5.41, 5.74) is 3.09. The number of fused-ring (bicyclic) bond motifs is 1. The van der Waals surface area contributed by atoms with E-state index in [-0.39, 0.29) is 12.6 Å². The third-order valence-electron chi connectivity index (χ3n) is 5.83. The second-order valence-electron chi connectivity index (χ2n) is 8.10. The van der Waals surface area contributed by atoms with Gasteiger partial charge in [-0.05, 0) is 42.9 Å². The average Bonchev–Trinajstić information content (AvgIpc) is 3.20. The van der Waals surface area contributed by atoms with E-state index in [1.54, 1.807) is 0 Å². The first-order chi connectivity index (χ1) is 14.3. The van der Waals surface area contributed by atoms with Crippen molar-refractivity contribution >= 4 is 11.0 Å². The topological polar surface area (TPSA) is 70.2 Å². The Labute approximate surface area is 172 Å². The highest BCUT2D eigenvalue weighted by Gasteiger charge is 2.16. The Morgan fingerprint density at radius 2 is 1.90 bits per heavy atom. The zero-order chi connectivity index (χ0) is 19.9. The Morgan fingerprint density at radius 1 is 1.07 bits per heavy atom. The van der Waals surface area contributed by atoms with E-state index in [1.165, 1.54) is 37.7 Å². The van der Waals surface area contributed by atoms with Gasteiger partial charge in [-0.3, -0.25) is 0 Å². The molecule has 0 bridgehead atoms. The number of para-hydroxylation sites is 1. The van der Waals surface area contributed by atoms with Gasteiger partial charge in [-0.2, -0.15) is 0 Å². The number of aromatic amines is 1. The molecule has 1 unspecified atom stereocenters. The van der Waals surface area contributed by atoms with Crippen molar-refractivity contribution in [3.8, 4) is 5.75 Å². The molecule has 2 aromatic carbocycles. The van der Waals surface area contributed by atoms with E-state index in [9.17, 15) is 5.11 Å². The molecule has 1 saturated carbocycles. The summed E-state index contributed by atoms with van der Waals surface area (Å²) in [5.74, 6) is 2.39. The van der Waals surface area contributed by atoms with Gasteiger partial charge in [-0.25, -0.2) is 4.98 Å². The van der Waals surface area contributed by atoms with Crippen LogP contribution < -0.4 is 10.1 Å². The fourth-order valence-electron chi connectivity index (χ4n) is 4.16. The Bertz CT molecular complexity index is 888. The normalized spacial score (nSPS) is 16.2. The van der Waals surface area contributed by atoms with Crippen LogP contribution in [0.2, 0.25) is 0 Å². The maximum Gasteiger partial charge on any atom is 0.147 e. The maximum atomic E-state index is 9.73. The largest absolute Gasteiger partial charge is 0.491 e. The van der Waals surface area contributed by atoms with E-state index in [0.717, 1.165) is 35.6 Å². The van der Waals surface area contributed by atoms with E-state index in [0.29, 0.717) is 12.5 Å². The fourth-order valence-corrected chi connectivity index (χ4v) is 4.16. The molecule has 1 fully saturated rings. The number of H-pyrrole nitrogens is 1. The van der Waals surface area contributed by atoms with Crippen molar-refractivity contribution in [1.29, 1.82) is 0 Å². The van der Waals surface area contributed by atoms with Crippen LogP contribution in [0, 0.1) is 5.92 Å². The summed E-state index contributed by atoms with van der Waals surface area (Å²) in [6, 6.07) is 16.3. The third kappa shape index (κ3) is 5.37. The zero-order valence-corrected chi connectivity index (χ0v) is 16.9. The predicted octanol–water partition coefficient (Wildman–Crippen LogP) is 4.22. The van der Waals surface area contributed by atoms with Crippen molar-refractivity contribution in [2.45, 2.75) is 51.1 Å². The molecule has 1 aliphatic rings. The van der Waals surface area contributed by atoms with Crippen LogP contribution in [0.3, 0.4) is 0 Å². The number of imidazole rings is 1. The lowest BCUT2D eigenvalue weighted by atomic mass is 9.90. The highest BCUT2D eigenvalue weighted by molar-refractivity contribution is 5.81. The van der Waals surface area contributed by atoms with Crippen LogP contribution in [0.4, 0.5) is 0 Å². The van der Waals surface area contributed by atoms with Gasteiger partial charge in [0.05, 0.1) is 25.3 Å². The number of aromatic nitrogens is 2. The Balaban J connectivity index is 1.37. The summed E-state index contributed by atoms with van der Waals surface area (Å²) >= 11 is 0. The van der Waals surface area contributed by atoms with Gasteiger partial charge < -0.3 is 20.1 Å². The van der Waals surface area contributed by atoms with E-state index in [4.69, 9.17) is 9.72 Å². The molecule has 0 aliphatic heterocycles. The zero-order valence-electron chi connectivity index (χ0n) is 16.9. The van der Waals surface area contributed by atoms with E-state index in [2.05, 4.69) is 22.4 Å². The van der Waals surface area contributed by atoms with Crippen molar-refractivity contribution in [3.63, 3.8) is 0 Å². The van der Waals surface area contributed by atoms with Gasteiger partial charge >= 0.3 is 0 Å². The Kier molecular flexibility index (Phi) is 6.80. The molecule has 3 N–H and O–H groups in total. The summed E-state index contributed by atoms with van der Waals surface area (Å²) < 4.78 is 6.15. The number of nitrogens with zero attached hydrogens (tertiary/aromatic N) is 1. The summed E-state index contributed by atoms with van der Waals surface area (Å²) in [5, 5.41) is 13.1. The van der Waals surface area contributed by atoms with E-state index < -0.39 is 0 Å². The minimum absolute atomic E-state index is 0.00682. The van der Waals surface area contributed by atoms with Crippen LogP contribution in [0.5, 0.6) is 5.75 Å². The van der Waals surface area contributed by atoms with Gasteiger partial charge in [0.1, 0.15) is 17.1 Å². The fraction of sp³-hybridized carbons (Fsp3) is 0.458. The van der Waals surface area contributed by atoms with Gasteiger partial charge in [-0.15, -0.1) is 0 Å². The molecule has 1 aliphatic carbocycles. The number of aliphatic hydroxyl groups is 1. The number of hydrogen-bond donors (Lipinski definition) is 3. The van der Waals surface area contributed by atoms with Gasteiger partial charge in [0.2, 0.25) is 0 Å². The van der Waals surface area contributed by atoms with Gasteiger partial charge in [0, 0.05) is 6.04 Å². The van der Waals surface area contributed by atoms with Crippen LogP contribution in [0.25, 0.3) is 11.0 Å². The molecule has 5 heteroatoms. The highest BCUT2D eigenvalue weighted by Crippen LogP contribution is 2.27. The lowest BCUT2D eigenvalue weighted by Crippen LogP contribution is -2.34. The van der Waals surface area contributed by atoms with E-state index in [1.807, 2.05) is 36.4 Å². The van der Waals surface area contributed by atoms with Crippen LogP contribution >= 0.6 is 0 Å². The van der Waals surface area contributed by atoms with Crippen LogP contribution in [-0.4, -0.2) is 34.3 Å². The van der Waals surface area contributed by atoms with Crippen LogP contribution in [0.15, 0.2) is 48.5 Å². The molecule has 0 amide bonds. The quantitative estimate of drug-likeness (QED) is 0.509. The number of nitrogens with one attached hydrogen (secondary N) is 2. The maximum absolute atomic E-state index is 9.73. The van der Waals surface area contributed by atoms with Crippen LogP contribution in [0.1, 0.15) is 43.5 Å². The standard InChI is InChI=1S/C24H31N3O2/c28-16-20(14-18-8-3-1-4-9-18)25-15-23-26-21-12-7-13-22(24(21)27-23)29-17-19-10-5-2-6-11-19/h1,3-4,7-9,12-13,19-20,25,28H,2,5-6,10-11,14-17H2,(H,26,27). The summed E-state index contributed by atoms with van der Waals surface area (Å²) in [6.45, 7) is 1.45. The molecule has 0 spiro atoms. The SMILES string of the molecule is OCC(Cc1ccccc1)NCc1nc2c(OCC3CCCCC3)cccc2[nH]1. The minimum Gasteiger partial charge on any atom is -0.491 e. The lowest BCUT2D eigenvalue weighted by molar-refractivity contribution is 0.210. The third-order valence-corrected chi connectivity index (χ3v) is 5.83. The van der Waals surface area contributed by atoms with Crippen molar-refractivity contribution in [3.05, 3.63) is 59.9 Å². The highest BCUT2D eigenvalue weighted by atomic mass is 16.5. The molecular formula is C24H31N3O2. The van der Waals surface area contributed by atoms with Crippen LogP contribution in [-0.2, 0) is 13.0 Å². The van der Waals surface area contributed by atoms with Crippen molar-refractivity contribution < 1.29 is 9.84 Å². The second-order valence-corrected chi connectivity index (χ2v) is 8.10. The van der Waals surface area contributed by atoms with Gasteiger partial charge in [0.25, 0.3) is 0 Å². The first-order valence-corrected chi connectivity index (χ1v) is 10.8.